The maximum Gasteiger partial charge on any atom is 1.00 e. The first kappa shape index (κ1) is 17.9. The Balaban J connectivity index is 0.00000289. The minimum atomic E-state index is -1.30. The van der Waals surface area contributed by atoms with Gasteiger partial charge in [0.1, 0.15) is 17.3 Å². The van der Waals surface area contributed by atoms with Crippen molar-refractivity contribution in [3.8, 4) is 0 Å². The topological polar surface area (TPSA) is 67.2 Å². The van der Waals surface area contributed by atoms with Crippen molar-refractivity contribution in [2.75, 3.05) is 6.61 Å². The number of ether oxygens (including phenoxy) is 1. The molecular weight excluding hydrogens is 311 g/mol. The number of aromatic nitrogens is 2. The largest absolute Gasteiger partial charge is 1.00 e. The van der Waals surface area contributed by atoms with E-state index >= 15 is 0 Å². The summed E-state index contributed by atoms with van der Waals surface area (Å²) in [7, 11) is -1.11. The molecule has 0 aliphatic rings. The SMILES string of the molecule is C[Si](C)(C)CCOCn1cc(Br)nc1C(=O)[O-].[Li+]. The average molecular weight is 327 g/mol. The van der Waals surface area contributed by atoms with Crippen molar-refractivity contribution in [3.05, 3.63) is 16.6 Å². The van der Waals surface area contributed by atoms with Crippen molar-refractivity contribution in [2.45, 2.75) is 32.4 Å². The Morgan fingerprint density at radius 3 is 2.67 bits per heavy atom. The Kier molecular flexibility index (Phi) is 7.48. The van der Waals surface area contributed by atoms with Gasteiger partial charge in [0.2, 0.25) is 0 Å². The Labute approximate surface area is 128 Å². The number of nitrogens with zero attached hydrogens (tertiary/aromatic N) is 2. The van der Waals surface area contributed by atoms with Crippen LogP contribution in [0.2, 0.25) is 25.7 Å². The molecule has 0 bridgehead atoms. The van der Waals surface area contributed by atoms with Gasteiger partial charge in [-0.25, -0.2) is 4.98 Å². The molecule has 0 saturated carbocycles. The fourth-order valence-corrected chi connectivity index (χ4v) is 2.36. The second-order valence-electron chi connectivity index (χ2n) is 4.99. The molecule has 0 N–H and O–H groups in total. The van der Waals surface area contributed by atoms with Crippen LogP contribution in [-0.2, 0) is 11.5 Å². The predicted octanol–water partition coefficient (Wildman–Crippen LogP) is -1.67. The summed E-state index contributed by atoms with van der Waals surface area (Å²) in [4.78, 5) is 14.5. The van der Waals surface area contributed by atoms with E-state index in [-0.39, 0.29) is 31.4 Å². The zero-order valence-electron chi connectivity index (χ0n) is 11.2. The smallest absolute Gasteiger partial charge is 0.542 e. The maximum absolute atomic E-state index is 10.8. The van der Waals surface area contributed by atoms with Gasteiger partial charge in [0, 0.05) is 20.9 Å². The normalized spacial score (nSPS) is 11.1. The molecule has 8 heteroatoms. The molecule has 1 rings (SSSR count). The van der Waals surface area contributed by atoms with Crippen LogP contribution in [-0.4, -0.2) is 30.2 Å². The van der Waals surface area contributed by atoms with E-state index in [4.69, 9.17) is 4.74 Å². The van der Waals surface area contributed by atoms with Gasteiger partial charge in [-0.3, -0.25) is 0 Å². The molecule has 96 valence electrons. The molecule has 0 atom stereocenters. The van der Waals surface area contributed by atoms with E-state index in [0.717, 1.165) is 6.04 Å². The quantitative estimate of drug-likeness (QED) is 0.463. The first-order valence-electron chi connectivity index (χ1n) is 5.31. The second kappa shape index (κ2) is 7.51. The summed E-state index contributed by atoms with van der Waals surface area (Å²) in [6.07, 6.45) is 1.57. The number of carbonyl (C=O) groups excluding carboxylic acids is 1. The Morgan fingerprint density at radius 1 is 1.56 bits per heavy atom. The summed E-state index contributed by atoms with van der Waals surface area (Å²) in [6.45, 7) is 7.61. The van der Waals surface area contributed by atoms with E-state index in [1.54, 1.807) is 6.20 Å². The minimum Gasteiger partial charge on any atom is -0.542 e. The third-order valence-electron chi connectivity index (χ3n) is 2.16. The number of hydrogen-bond donors (Lipinski definition) is 0. The molecule has 1 aromatic rings. The Bertz CT molecular complexity index is 406. The zero-order valence-corrected chi connectivity index (χ0v) is 13.8. The maximum atomic E-state index is 10.8. The van der Waals surface area contributed by atoms with E-state index in [9.17, 15) is 9.90 Å². The van der Waals surface area contributed by atoms with Crippen molar-refractivity contribution in [2.24, 2.45) is 0 Å². The molecule has 1 aromatic heterocycles. The first-order valence-corrected chi connectivity index (χ1v) is 9.81. The molecule has 1 heterocycles. The number of halogens is 1. The van der Waals surface area contributed by atoms with Crippen molar-refractivity contribution < 1.29 is 33.5 Å². The summed E-state index contributed by atoms with van der Waals surface area (Å²) >= 11 is 3.12. The number of hydrogen-bond acceptors (Lipinski definition) is 4. The van der Waals surface area contributed by atoms with Crippen LogP contribution in [0.1, 0.15) is 10.6 Å². The van der Waals surface area contributed by atoms with Crippen LogP contribution in [0.25, 0.3) is 0 Å². The summed E-state index contributed by atoms with van der Waals surface area (Å²) in [5.74, 6) is -1.42. The van der Waals surface area contributed by atoms with Crippen LogP contribution in [0, 0.1) is 0 Å². The van der Waals surface area contributed by atoms with Crippen LogP contribution in [0.5, 0.6) is 0 Å². The molecule has 0 spiro atoms. The van der Waals surface area contributed by atoms with Gasteiger partial charge < -0.3 is 19.2 Å². The predicted molar refractivity (Wildman–Crippen MR) is 68.4 cm³/mol. The molecule has 0 saturated heterocycles. The fraction of sp³-hybridized carbons (Fsp3) is 0.600. The molecule has 0 unspecified atom stereocenters. The monoisotopic (exact) mass is 326 g/mol. The molecular formula is C10H16BrLiN2O3Si. The van der Waals surface area contributed by atoms with Crippen molar-refractivity contribution in [3.63, 3.8) is 0 Å². The molecule has 18 heavy (non-hydrogen) atoms. The van der Waals surface area contributed by atoms with Crippen molar-refractivity contribution >= 4 is 30.0 Å². The molecule has 0 aliphatic heterocycles. The number of aromatic carboxylic acids is 1. The van der Waals surface area contributed by atoms with Gasteiger partial charge in [0.05, 0.1) is 0 Å². The molecule has 5 nitrogen and oxygen atoms in total. The van der Waals surface area contributed by atoms with Crippen LogP contribution in [0.4, 0.5) is 0 Å². The van der Waals surface area contributed by atoms with Crippen LogP contribution in [0.3, 0.4) is 0 Å². The molecule has 0 aliphatic carbocycles. The van der Waals surface area contributed by atoms with Crippen LogP contribution in [0.15, 0.2) is 10.8 Å². The minimum absolute atomic E-state index is 0. The van der Waals surface area contributed by atoms with Gasteiger partial charge in [0.15, 0.2) is 5.82 Å². The molecule has 0 fully saturated rings. The van der Waals surface area contributed by atoms with Crippen molar-refractivity contribution in [1.29, 1.82) is 0 Å². The molecule has 0 aromatic carbocycles. The van der Waals surface area contributed by atoms with E-state index in [0.29, 0.717) is 11.2 Å². The van der Waals surface area contributed by atoms with E-state index in [1.165, 1.54) is 4.57 Å². The number of carbonyl (C=O) groups is 1. The van der Waals surface area contributed by atoms with Gasteiger partial charge in [-0.2, -0.15) is 0 Å². The van der Waals surface area contributed by atoms with Gasteiger partial charge in [-0.15, -0.1) is 0 Å². The molecule has 0 radical (unpaired) electrons. The summed E-state index contributed by atoms with van der Waals surface area (Å²) in [5.41, 5.74) is 0. The summed E-state index contributed by atoms with van der Waals surface area (Å²) < 4.78 is 7.33. The van der Waals surface area contributed by atoms with Crippen molar-refractivity contribution in [1.82, 2.24) is 9.55 Å². The second-order valence-corrected chi connectivity index (χ2v) is 11.4. The van der Waals surface area contributed by atoms with Crippen LogP contribution < -0.4 is 24.0 Å². The molecule has 0 amide bonds. The van der Waals surface area contributed by atoms with E-state index in [1.807, 2.05) is 0 Å². The third-order valence-corrected chi connectivity index (χ3v) is 4.24. The van der Waals surface area contributed by atoms with Gasteiger partial charge >= 0.3 is 18.9 Å². The van der Waals surface area contributed by atoms with Gasteiger partial charge in [-0.1, -0.05) is 19.6 Å². The van der Waals surface area contributed by atoms with Gasteiger partial charge in [-0.05, 0) is 22.0 Å². The first-order chi connectivity index (χ1) is 7.79. The van der Waals surface area contributed by atoms with E-state index < -0.39 is 14.0 Å². The number of rotatable bonds is 6. The van der Waals surface area contributed by atoms with E-state index in [2.05, 4.69) is 40.6 Å². The number of carboxylic acids is 1. The fourth-order valence-electron chi connectivity index (χ4n) is 1.19. The zero-order chi connectivity index (χ0) is 13.1. The standard InChI is InChI=1S/C10H17BrN2O3Si.Li/c1-17(2,3)5-4-16-7-13-6-8(11)12-9(13)10(14)15;/h6H,4-5,7H2,1-3H3,(H,14,15);/q;+1/p-1. The van der Waals surface area contributed by atoms with Gasteiger partial charge in [0.25, 0.3) is 0 Å². The summed E-state index contributed by atoms with van der Waals surface area (Å²) in [5, 5.41) is 10.8. The summed E-state index contributed by atoms with van der Waals surface area (Å²) in [6, 6.07) is 1.05. The Hall–Kier alpha value is -0.0657. The third kappa shape index (κ3) is 6.20. The average Bonchev–Trinajstić information content (AvgIpc) is 2.53. The number of carboxylic acid groups (broad SMARTS) is 1. The Morgan fingerprint density at radius 2 is 2.17 bits per heavy atom. The number of imidazole rings is 1. The van der Waals surface area contributed by atoms with Crippen LogP contribution >= 0.6 is 15.9 Å².